The van der Waals surface area contributed by atoms with Crippen LogP contribution in [0.2, 0.25) is 0 Å². The quantitative estimate of drug-likeness (QED) is 0.598. The zero-order chi connectivity index (χ0) is 16.6. The number of hydrogen-bond donors (Lipinski definition) is 0. The van der Waals surface area contributed by atoms with Gasteiger partial charge >= 0.3 is 5.69 Å². The lowest BCUT2D eigenvalue weighted by Crippen LogP contribution is -2.28. The van der Waals surface area contributed by atoms with E-state index in [0.29, 0.717) is 5.69 Å². The Kier molecular flexibility index (Phi) is 4.31. The third-order valence-corrected chi connectivity index (χ3v) is 4.09. The Morgan fingerprint density at radius 3 is 2.59 bits per heavy atom. The summed E-state index contributed by atoms with van der Waals surface area (Å²) < 4.78 is 3.73. The molecule has 0 bridgehead atoms. The summed E-state index contributed by atoms with van der Waals surface area (Å²) in [5.74, 6) is -0.511. The second kappa shape index (κ2) is 5.87. The number of aryl methyl sites for hydroxylation is 2. The van der Waals surface area contributed by atoms with Gasteiger partial charge in [0.1, 0.15) is 5.69 Å². The van der Waals surface area contributed by atoms with E-state index >= 15 is 0 Å². The van der Waals surface area contributed by atoms with Gasteiger partial charge in [0.15, 0.2) is 0 Å². The molecule has 2 aromatic heterocycles. The molecule has 118 valence electrons. The lowest BCUT2D eigenvalue weighted by Gasteiger charge is -2.16. The van der Waals surface area contributed by atoms with Crippen molar-refractivity contribution in [2.75, 3.05) is 7.05 Å². The number of rotatable bonds is 4. The van der Waals surface area contributed by atoms with E-state index in [9.17, 15) is 14.9 Å². The fourth-order valence-electron chi connectivity index (χ4n) is 2.05. The third-order valence-electron chi connectivity index (χ3n) is 3.43. The molecule has 0 N–H and O–H groups in total. The Hall–Kier alpha value is -2.23. The minimum absolute atomic E-state index is 0.161. The van der Waals surface area contributed by atoms with Crippen molar-refractivity contribution in [2.24, 2.45) is 14.1 Å². The average molecular weight is 371 g/mol. The van der Waals surface area contributed by atoms with Crippen LogP contribution in [0.5, 0.6) is 0 Å². The van der Waals surface area contributed by atoms with E-state index < -0.39 is 10.8 Å². The van der Waals surface area contributed by atoms with Crippen molar-refractivity contribution in [3.05, 3.63) is 37.9 Å². The summed E-state index contributed by atoms with van der Waals surface area (Å²) >= 11 is 3.36. The summed E-state index contributed by atoms with van der Waals surface area (Å²) in [5, 5.41) is 19.2. The maximum Gasteiger partial charge on any atom is 0.322 e. The van der Waals surface area contributed by atoms with Gasteiger partial charge in [-0.25, -0.2) is 0 Å². The number of halogens is 1. The Bertz CT molecular complexity index is 731. The summed E-state index contributed by atoms with van der Waals surface area (Å²) in [6.07, 6.45) is 1.63. The van der Waals surface area contributed by atoms with Crippen LogP contribution in [-0.2, 0) is 20.6 Å². The van der Waals surface area contributed by atoms with Gasteiger partial charge < -0.3 is 4.90 Å². The van der Waals surface area contributed by atoms with E-state index in [1.807, 2.05) is 0 Å². The maximum atomic E-state index is 12.5. The molecule has 2 heterocycles. The molecule has 0 saturated carbocycles. The summed E-state index contributed by atoms with van der Waals surface area (Å²) in [6, 6.07) is 0. The van der Waals surface area contributed by atoms with E-state index in [1.54, 1.807) is 38.9 Å². The zero-order valence-corrected chi connectivity index (χ0v) is 14.2. The standard InChI is InChI=1S/C12H15BrN6O3/c1-7-11(19(21)22)10(15-17(7)3)12(20)16(2)6-9-8(13)5-14-18(9)4/h5H,6H2,1-4H3. The van der Waals surface area contributed by atoms with Crippen molar-refractivity contribution in [1.29, 1.82) is 0 Å². The molecule has 2 rings (SSSR count). The maximum absolute atomic E-state index is 12.5. The van der Waals surface area contributed by atoms with Crippen molar-refractivity contribution < 1.29 is 9.72 Å². The Morgan fingerprint density at radius 1 is 1.45 bits per heavy atom. The normalized spacial score (nSPS) is 10.8. The molecular weight excluding hydrogens is 356 g/mol. The molecule has 0 atom stereocenters. The Labute approximate surface area is 134 Å². The molecule has 1 amide bonds. The van der Waals surface area contributed by atoms with Crippen LogP contribution in [0.25, 0.3) is 0 Å². The first-order valence-electron chi connectivity index (χ1n) is 6.33. The van der Waals surface area contributed by atoms with E-state index in [4.69, 9.17) is 0 Å². The van der Waals surface area contributed by atoms with Crippen LogP contribution < -0.4 is 0 Å². The molecular formula is C12H15BrN6O3. The van der Waals surface area contributed by atoms with E-state index in [-0.39, 0.29) is 17.9 Å². The predicted octanol–water partition coefficient (Wildman–Crippen LogP) is 1.40. The predicted molar refractivity (Wildman–Crippen MR) is 81.3 cm³/mol. The number of nitrogens with zero attached hydrogens (tertiary/aromatic N) is 6. The van der Waals surface area contributed by atoms with Crippen molar-refractivity contribution in [2.45, 2.75) is 13.5 Å². The SMILES string of the molecule is Cc1c([N+](=O)[O-])c(C(=O)N(C)Cc2c(Br)cnn2C)nn1C. The molecule has 0 spiro atoms. The molecule has 9 nitrogen and oxygen atoms in total. The van der Waals surface area contributed by atoms with Gasteiger partial charge in [0, 0.05) is 21.1 Å². The molecule has 0 saturated heterocycles. The van der Waals surface area contributed by atoms with Gasteiger partial charge in [0.25, 0.3) is 5.91 Å². The average Bonchev–Trinajstić information content (AvgIpc) is 2.92. The number of aromatic nitrogens is 4. The van der Waals surface area contributed by atoms with E-state index in [0.717, 1.165) is 10.2 Å². The van der Waals surface area contributed by atoms with Gasteiger partial charge in [0.2, 0.25) is 5.69 Å². The van der Waals surface area contributed by atoms with Crippen molar-refractivity contribution >= 4 is 27.5 Å². The number of carbonyl (C=O) groups is 1. The summed E-state index contributed by atoms with van der Waals surface area (Å²) in [6.45, 7) is 1.81. The highest BCUT2D eigenvalue weighted by atomic mass is 79.9. The number of amides is 1. The van der Waals surface area contributed by atoms with Gasteiger partial charge in [-0.3, -0.25) is 24.3 Å². The van der Waals surface area contributed by atoms with E-state index in [2.05, 4.69) is 26.1 Å². The highest BCUT2D eigenvalue weighted by Crippen LogP contribution is 2.24. The van der Waals surface area contributed by atoms with Crippen molar-refractivity contribution in [3.63, 3.8) is 0 Å². The summed E-state index contributed by atoms with van der Waals surface area (Å²) in [7, 11) is 4.89. The number of carbonyl (C=O) groups excluding carboxylic acids is 1. The second-order valence-electron chi connectivity index (χ2n) is 4.89. The third kappa shape index (κ3) is 2.73. The van der Waals surface area contributed by atoms with Crippen LogP contribution in [0, 0.1) is 17.0 Å². The zero-order valence-electron chi connectivity index (χ0n) is 12.6. The fourth-order valence-corrected chi connectivity index (χ4v) is 2.52. The van der Waals surface area contributed by atoms with Gasteiger partial charge in [-0.2, -0.15) is 10.2 Å². The second-order valence-corrected chi connectivity index (χ2v) is 5.74. The molecule has 0 aliphatic carbocycles. The van der Waals surface area contributed by atoms with Crippen molar-refractivity contribution in [3.8, 4) is 0 Å². The molecule has 0 unspecified atom stereocenters. The van der Waals surface area contributed by atoms with Gasteiger partial charge in [-0.05, 0) is 22.9 Å². The van der Waals surface area contributed by atoms with Crippen LogP contribution in [0.15, 0.2) is 10.7 Å². The minimum atomic E-state index is -0.580. The van der Waals surface area contributed by atoms with Crippen LogP contribution in [-0.4, -0.2) is 42.3 Å². The molecule has 2 aromatic rings. The van der Waals surface area contributed by atoms with Gasteiger partial charge in [-0.1, -0.05) is 0 Å². The van der Waals surface area contributed by atoms with E-state index in [1.165, 1.54) is 9.58 Å². The molecule has 0 aliphatic rings. The molecule has 0 radical (unpaired) electrons. The van der Waals surface area contributed by atoms with Crippen LogP contribution >= 0.6 is 15.9 Å². The van der Waals surface area contributed by atoms with Crippen LogP contribution in [0.1, 0.15) is 21.9 Å². The monoisotopic (exact) mass is 370 g/mol. The van der Waals surface area contributed by atoms with Gasteiger partial charge in [-0.15, -0.1) is 0 Å². The number of nitro groups is 1. The van der Waals surface area contributed by atoms with Gasteiger partial charge in [0.05, 0.1) is 27.8 Å². The molecule has 22 heavy (non-hydrogen) atoms. The first-order valence-corrected chi connectivity index (χ1v) is 7.13. The molecule has 0 aromatic carbocycles. The van der Waals surface area contributed by atoms with Crippen molar-refractivity contribution in [1.82, 2.24) is 24.5 Å². The lowest BCUT2D eigenvalue weighted by molar-refractivity contribution is -0.385. The Balaban J connectivity index is 2.32. The number of hydrogen-bond acceptors (Lipinski definition) is 5. The first-order chi connectivity index (χ1) is 10.2. The van der Waals surface area contributed by atoms with Crippen LogP contribution in [0.3, 0.4) is 0 Å². The molecule has 0 fully saturated rings. The first kappa shape index (κ1) is 16.1. The summed E-state index contributed by atoms with van der Waals surface area (Å²) in [4.78, 5) is 24.4. The highest BCUT2D eigenvalue weighted by molar-refractivity contribution is 9.10. The topological polar surface area (TPSA) is 99.1 Å². The fraction of sp³-hybridized carbons (Fsp3) is 0.417. The molecule has 0 aliphatic heterocycles. The van der Waals surface area contributed by atoms with Crippen LogP contribution in [0.4, 0.5) is 5.69 Å². The largest absolute Gasteiger partial charge is 0.334 e. The minimum Gasteiger partial charge on any atom is -0.334 e. The Morgan fingerprint density at radius 2 is 2.09 bits per heavy atom. The highest BCUT2D eigenvalue weighted by Gasteiger charge is 2.31. The smallest absolute Gasteiger partial charge is 0.322 e. The summed E-state index contributed by atoms with van der Waals surface area (Å²) in [5.41, 5.74) is 0.698. The molecule has 10 heteroatoms. The lowest BCUT2D eigenvalue weighted by atomic mass is 10.2.